The number of aryl methyl sites for hydroxylation is 1. The van der Waals surface area contributed by atoms with Crippen LogP contribution in [0.1, 0.15) is 11.1 Å². The van der Waals surface area contributed by atoms with Crippen LogP contribution in [0.2, 0.25) is 0 Å². The molecule has 0 spiro atoms. The quantitative estimate of drug-likeness (QED) is 0.870. The van der Waals surface area contributed by atoms with Crippen molar-refractivity contribution in [2.24, 2.45) is 0 Å². The van der Waals surface area contributed by atoms with Gasteiger partial charge in [0.1, 0.15) is 17.6 Å². The van der Waals surface area contributed by atoms with Crippen molar-refractivity contribution in [1.29, 1.82) is 5.26 Å². The molecule has 3 nitrogen and oxygen atoms in total. The van der Waals surface area contributed by atoms with Crippen LogP contribution in [0.5, 0.6) is 5.75 Å². The standard InChI is InChI=1S/C16H14BrFN2O/c1-11-8-15(18)14(17)9-16(11)20-10-12-2-4-13(5-3-12)21-7-6-19/h2-5,8-9,20H,7,10H2,1H3. The SMILES string of the molecule is Cc1cc(F)c(Br)cc1NCc1ccc(OCC#N)cc1. The average Bonchev–Trinajstić information content (AvgIpc) is 2.48. The molecule has 0 saturated carbocycles. The fraction of sp³-hybridized carbons (Fsp3) is 0.188. The van der Waals surface area contributed by atoms with Gasteiger partial charge in [-0.1, -0.05) is 12.1 Å². The minimum Gasteiger partial charge on any atom is -0.479 e. The maximum atomic E-state index is 13.4. The number of anilines is 1. The molecule has 0 bridgehead atoms. The topological polar surface area (TPSA) is 45.0 Å². The second-order valence-electron chi connectivity index (χ2n) is 4.53. The summed E-state index contributed by atoms with van der Waals surface area (Å²) in [6.45, 7) is 2.52. The van der Waals surface area contributed by atoms with Crippen LogP contribution in [0.4, 0.5) is 10.1 Å². The van der Waals surface area contributed by atoms with Gasteiger partial charge in [-0.2, -0.15) is 5.26 Å². The van der Waals surface area contributed by atoms with Crippen molar-refractivity contribution < 1.29 is 9.13 Å². The smallest absolute Gasteiger partial charge is 0.174 e. The summed E-state index contributed by atoms with van der Waals surface area (Å²) < 4.78 is 19.0. The third-order valence-corrected chi connectivity index (χ3v) is 3.58. The summed E-state index contributed by atoms with van der Waals surface area (Å²) in [6.07, 6.45) is 0. The Morgan fingerprint density at radius 3 is 2.67 bits per heavy atom. The Kier molecular flexibility index (Phi) is 5.18. The lowest BCUT2D eigenvalue weighted by molar-refractivity contribution is 0.368. The normalized spacial score (nSPS) is 10.0. The maximum absolute atomic E-state index is 13.4. The van der Waals surface area contributed by atoms with Gasteiger partial charge in [0.05, 0.1) is 4.47 Å². The van der Waals surface area contributed by atoms with Crippen LogP contribution in [-0.2, 0) is 6.54 Å². The Balaban J connectivity index is 2.00. The Labute approximate surface area is 131 Å². The lowest BCUT2D eigenvalue weighted by Gasteiger charge is -2.11. The highest BCUT2D eigenvalue weighted by molar-refractivity contribution is 9.10. The van der Waals surface area contributed by atoms with Crippen molar-refractivity contribution in [2.75, 3.05) is 11.9 Å². The second kappa shape index (κ2) is 7.09. The van der Waals surface area contributed by atoms with E-state index in [1.165, 1.54) is 6.07 Å². The molecule has 0 amide bonds. The summed E-state index contributed by atoms with van der Waals surface area (Å²) in [5.41, 5.74) is 2.80. The number of nitrogens with one attached hydrogen (secondary N) is 1. The van der Waals surface area contributed by atoms with Gasteiger partial charge in [0.25, 0.3) is 0 Å². The lowest BCUT2D eigenvalue weighted by atomic mass is 10.1. The van der Waals surface area contributed by atoms with Gasteiger partial charge >= 0.3 is 0 Å². The molecule has 0 heterocycles. The molecule has 21 heavy (non-hydrogen) atoms. The predicted octanol–water partition coefficient (Wildman–Crippen LogP) is 4.41. The first-order chi connectivity index (χ1) is 10.1. The van der Waals surface area contributed by atoms with E-state index in [0.29, 0.717) is 16.8 Å². The molecule has 0 saturated heterocycles. The third kappa shape index (κ3) is 4.20. The van der Waals surface area contributed by atoms with Crippen molar-refractivity contribution in [3.05, 3.63) is 57.8 Å². The molecule has 0 atom stereocenters. The molecule has 0 aliphatic carbocycles. The van der Waals surface area contributed by atoms with E-state index < -0.39 is 0 Å². The van der Waals surface area contributed by atoms with E-state index in [0.717, 1.165) is 16.8 Å². The van der Waals surface area contributed by atoms with Gasteiger partial charge in [0.2, 0.25) is 0 Å². The summed E-state index contributed by atoms with van der Waals surface area (Å²) in [5.74, 6) is 0.401. The fourth-order valence-electron chi connectivity index (χ4n) is 1.85. The highest BCUT2D eigenvalue weighted by Gasteiger charge is 2.05. The van der Waals surface area contributed by atoms with Crippen LogP contribution < -0.4 is 10.1 Å². The highest BCUT2D eigenvalue weighted by Crippen LogP contribution is 2.24. The maximum Gasteiger partial charge on any atom is 0.174 e. The number of hydrogen-bond acceptors (Lipinski definition) is 3. The zero-order valence-electron chi connectivity index (χ0n) is 11.5. The number of ether oxygens (including phenoxy) is 1. The molecule has 2 aromatic carbocycles. The monoisotopic (exact) mass is 348 g/mol. The summed E-state index contributed by atoms with van der Waals surface area (Å²) >= 11 is 3.18. The molecule has 0 aliphatic heterocycles. The van der Waals surface area contributed by atoms with Crippen LogP contribution in [-0.4, -0.2) is 6.61 Å². The first-order valence-corrected chi connectivity index (χ1v) is 7.17. The first kappa shape index (κ1) is 15.3. The van der Waals surface area contributed by atoms with E-state index in [4.69, 9.17) is 10.00 Å². The number of nitrogens with zero attached hydrogens (tertiary/aromatic N) is 1. The van der Waals surface area contributed by atoms with E-state index >= 15 is 0 Å². The summed E-state index contributed by atoms with van der Waals surface area (Å²) in [7, 11) is 0. The number of benzene rings is 2. The van der Waals surface area contributed by atoms with E-state index in [1.807, 2.05) is 37.3 Å². The summed E-state index contributed by atoms with van der Waals surface area (Å²) in [6, 6.07) is 12.6. The van der Waals surface area contributed by atoms with Crippen LogP contribution >= 0.6 is 15.9 Å². The summed E-state index contributed by atoms with van der Waals surface area (Å²) in [4.78, 5) is 0. The Morgan fingerprint density at radius 2 is 2.00 bits per heavy atom. The van der Waals surface area contributed by atoms with Crippen molar-refractivity contribution in [3.63, 3.8) is 0 Å². The predicted molar refractivity (Wildman–Crippen MR) is 83.7 cm³/mol. The van der Waals surface area contributed by atoms with Gasteiger partial charge in [-0.3, -0.25) is 0 Å². The minimum absolute atomic E-state index is 0.0421. The van der Waals surface area contributed by atoms with Gasteiger partial charge in [-0.15, -0.1) is 0 Å². The zero-order valence-corrected chi connectivity index (χ0v) is 13.1. The molecular formula is C16H14BrFN2O. The van der Waals surface area contributed by atoms with Crippen LogP contribution in [0.15, 0.2) is 40.9 Å². The van der Waals surface area contributed by atoms with Crippen molar-refractivity contribution >= 4 is 21.6 Å². The van der Waals surface area contributed by atoms with Gasteiger partial charge < -0.3 is 10.1 Å². The molecule has 2 aromatic rings. The Morgan fingerprint density at radius 1 is 1.29 bits per heavy atom. The molecule has 0 aromatic heterocycles. The van der Waals surface area contributed by atoms with E-state index in [9.17, 15) is 4.39 Å². The van der Waals surface area contributed by atoms with Crippen LogP contribution in [0.3, 0.4) is 0 Å². The van der Waals surface area contributed by atoms with E-state index in [2.05, 4.69) is 21.2 Å². The van der Waals surface area contributed by atoms with Crippen LogP contribution in [0, 0.1) is 24.1 Å². The molecule has 0 unspecified atom stereocenters. The molecule has 0 aliphatic rings. The molecule has 0 fully saturated rings. The van der Waals surface area contributed by atoms with Gasteiger partial charge in [0, 0.05) is 12.2 Å². The number of rotatable bonds is 5. The van der Waals surface area contributed by atoms with Crippen molar-refractivity contribution in [2.45, 2.75) is 13.5 Å². The molecule has 0 radical (unpaired) electrons. The number of nitriles is 1. The molecule has 1 N–H and O–H groups in total. The molecule has 5 heteroatoms. The first-order valence-electron chi connectivity index (χ1n) is 6.38. The highest BCUT2D eigenvalue weighted by atomic mass is 79.9. The van der Waals surface area contributed by atoms with E-state index in [1.54, 1.807) is 6.07 Å². The van der Waals surface area contributed by atoms with Crippen LogP contribution in [0.25, 0.3) is 0 Å². The van der Waals surface area contributed by atoms with Gasteiger partial charge in [0.15, 0.2) is 6.61 Å². The Bertz CT molecular complexity index is 665. The average molecular weight is 349 g/mol. The van der Waals surface area contributed by atoms with Crippen molar-refractivity contribution in [3.8, 4) is 11.8 Å². The largest absolute Gasteiger partial charge is 0.479 e. The Hall–Kier alpha value is -2.06. The van der Waals surface area contributed by atoms with Gasteiger partial charge in [-0.25, -0.2) is 4.39 Å². The lowest BCUT2D eigenvalue weighted by Crippen LogP contribution is -2.02. The van der Waals surface area contributed by atoms with E-state index in [-0.39, 0.29) is 12.4 Å². The number of halogens is 2. The third-order valence-electron chi connectivity index (χ3n) is 2.98. The minimum atomic E-state index is -0.267. The molecule has 108 valence electrons. The number of hydrogen-bond donors (Lipinski definition) is 1. The fourth-order valence-corrected chi connectivity index (χ4v) is 2.20. The van der Waals surface area contributed by atoms with Crippen molar-refractivity contribution in [1.82, 2.24) is 0 Å². The zero-order chi connectivity index (χ0) is 15.2. The second-order valence-corrected chi connectivity index (χ2v) is 5.38. The van der Waals surface area contributed by atoms with Gasteiger partial charge in [-0.05, 0) is 58.2 Å². The molecular weight excluding hydrogens is 335 g/mol. The molecule has 2 rings (SSSR count). The summed E-state index contributed by atoms with van der Waals surface area (Å²) in [5, 5.41) is 11.7.